The Morgan fingerprint density at radius 2 is 1.89 bits per heavy atom. The zero-order valence-electron chi connectivity index (χ0n) is 12.5. The number of likely N-dealkylation sites (N-methyl/N-ethyl adjacent to an activating group) is 1. The lowest BCUT2D eigenvalue weighted by Crippen LogP contribution is -2.13. The van der Waals surface area contributed by atoms with Gasteiger partial charge in [-0.2, -0.15) is 0 Å². The van der Waals surface area contributed by atoms with E-state index >= 15 is 0 Å². The number of hydrogen-bond donors (Lipinski definition) is 1. The summed E-state index contributed by atoms with van der Waals surface area (Å²) in [7, 11) is 4.07. The van der Waals surface area contributed by atoms with E-state index in [1.807, 2.05) is 13.2 Å². The number of nitrogens with zero attached hydrogens (tertiary/aromatic N) is 2. The van der Waals surface area contributed by atoms with Crippen LogP contribution in [0.25, 0.3) is 11.3 Å². The first-order chi connectivity index (χ1) is 9.06. The summed E-state index contributed by atoms with van der Waals surface area (Å²) in [5, 5.41) is 3.17. The maximum absolute atomic E-state index is 4.55. The summed E-state index contributed by atoms with van der Waals surface area (Å²) in [5.41, 5.74) is 6.55. The van der Waals surface area contributed by atoms with Gasteiger partial charge in [0, 0.05) is 25.6 Å². The van der Waals surface area contributed by atoms with Crippen LogP contribution in [-0.4, -0.2) is 23.1 Å². The molecule has 102 valence electrons. The fraction of sp³-hybridized carbons (Fsp3) is 0.438. The van der Waals surface area contributed by atoms with Crippen LogP contribution in [0.15, 0.2) is 18.3 Å². The Labute approximate surface area is 115 Å². The van der Waals surface area contributed by atoms with Crippen LogP contribution in [0.1, 0.15) is 22.5 Å². The molecule has 0 aliphatic rings. The smallest absolute Gasteiger partial charge is 0.110 e. The molecule has 0 spiro atoms. The maximum Gasteiger partial charge on any atom is 0.110 e. The Hall–Kier alpha value is -1.61. The summed E-state index contributed by atoms with van der Waals surface area (Å²) in [5.74, 6) is 1.13. The van der Waals surface area contributed by atoms with Crippen molar-refractivity contribution in [2.45, 2.75) is 27.2 Å². The number of imidazole rings is 1. The van der Waals surface area contributed by atoms with E-state index in [9.17, 15) is 0 Å². The quantitative estimate of drug-likeness (QED) is 0.912. The predicted octanol–water partition coefficient (Wildman–Crippen LogP) is 2.77. The highest BCUT2D eigenvalue weighted by atomic mass is 15.1. The molecule has 3 heteroatoms. The summed E-state index contributed by atoms with van der Waals surface area (Å²) in [6, 6.07) is 4.40. The SMILES string of the molecule is CNCCc1ncc(-c2ccc(C)c(C)c2C)n1C. The summed E-state index contributed by atoms with van der Waals surface area (Å²) in [6.45, 7) is 7.49. The van der Waals surface area contributed by atoms with Gasteiger partial charge in [0.05, 0.1) is 11.9 Å². The average molecular weight is 257 g/mol. The molecular weight excluding hydrogens is 234 g/mol. The molecule has 0 aliphatic carbocycles. The molecule has 1 heterocycles. The van der Waals surface area contributed by atoms with Crippen LogP contribution in [0.3, 0.4) is 0 Å². The van der Waals surface area contributed by atoms with E-state index in [-0.39, 0.29) is 0 Å². The Kier molecular flexibility index (Phi) is 4.05. The topological polar surface area (TPSA) is 29.9 Å². The molecule has 1 aromatic heterocycles. The molecule has 0 radical (unpaired) electrons. The van der Waals surface area contributed by atoms with E-state index in [0.29, 0.717) is 0 Å². The normalized spacial score (nSPS) is 11.0. The van der Waals surface area contributed by atoms with Crippen molar-refractivity contribution in [3.63, 3.8) is 0 Å². The molecule has 2 rings (SSSR count). The number of aryl methyl sites for hydroxylation is 1. The van der Waals surface area contributed by atoms with Crippen LogP contribution in [0, 0.1) is 20.8 Å². The standard InChI is InChI=1S/C16H23N3/c1-11-6-7-14(13(3)12(11)2)15-10-18-16(19(15)5)8-9-17-4/h6-7,10,17H,8-9H2,1-5H3. The molecule has 0 atom stereocenters. The maximum atomic E-state index is 4.55. The molecule has 1 N–H and O–H groups in total. The molecule has 0 saturated carbocycles. The summed E-state index contributed by atoms with van der Waals surface area (Å²) < 4.78 is 2.20. The minimum absolute atomic E-state index is 0.955. The van der Waals surface area contributed by atoms with E-state index in [0.717, 1.165) is 18.8 Å². The molecule has 0 unspecified atom stereocenters. The Balaban J connectivity index is 2.43. The first-order valence-electron chi connectivity index (χ1n) is 6.78. The number of nitrogens with one attached hydrogen (secondary N) is 1. The lowest BCUT2D eigenvalue weighted by atomic mass is 9.97. The van der Waals surface area contributed by atoms with Gasteiger partial charge in [-0.15, -0.1) is 0 Å². The molecule has 0 fully saturated rings. The van der Waals surface area contributed by atoms with Crippen LogP contribution in [0.2, 0.25) is 0 Å². The van der Waals surface area contributed by atoms with E-state index in [1.54, 1.807) is 0 Å². The summed E-state index contributed by atoms with van der Waals surface area (Å²) >= 11 is 0. The zero-order chi connectivity index (χ0) is 14.0. The van der Waals surface area contributed by atoms with Gasteiger partial charge in [0.2, 0.25) is 0 Å². The Bertz CT molecular complexity index is 582. The van der Waals surface area contributed by atoms with Crippen molar-refractivity contribution in [3.8, 4) is 11.3 Å². The number of benzene rings is 1. The third-order valence-corrected chi connectivity index (χ3v) is 4.02. The largest absolute Gasteiger partial charge is 0.331 e. The first-order valence-corrected chi connectivity index (χ1v) is 6.78. The molecule has 0 bridgehead atoms. The van der Waals surface area contributed by atoms with Gasteiger partial charge in [0.15, 0.2) is 0 Å². The van der Waals surface area contributed by atoms with Gasteiger partial charge in [-0.05, 0) is 44.5 Å². The van der Waals surface area contributed by atoms with Gasteiger partial charge in [0.1, 0.15) is 5.82 Å². The fourth-order valence-corrected chi connectivity index (χ4v) is 2.40. The summed E-state index contributed by atoms with van der Waals surface area (Å²) in [6.07, 6.45) is 2.94. The van der Waals surface area contributed by atoms with Gasteiger partial charge >= 0.3 is 0 Å². The van der Waals surface area contributed by atoms with Crippen molar-refractivity contribution in [2.75, 3.05) is 13.6 Å². The highest BCUT2D eigenvalue weighted by Gasteiger charge is 2.12. The van der Waals surface area contributed by atoms with E-state index in [2.05, 4.69) is 54.8 Å². The second kappa shape index (κ2) is 5.57. The molecule has 0 amide bonds. The lowest BCUT2D eigenvalue weighted by Gasteiger charge is -2.12. The van der Waals surface area contributed by atoms with Gasteiger partial charge in [-0.3, -0.25) is 0 Å². The van der Waals surface area contributed by atoms with Crippen LogP contribution >= 0.6 is 0 Å². The summed E-state index contributed by atoms with van der Waals surface area (Å²) in [4.78, 5) is 4.55. The van der Waals surface area contributed by atoms with Gasteiger partial charge in [-0.25, -0.2) is 4.98 Å². The van der Waals surface area contributed by atoms with Gasteiger partial charge < -0.3 is 9.88 Å². The third kappa shape index (κ3) is 2.56. The van der Waals surface area contributed by atoms with Crippen molar-refractivity contribution in [1.29, 1.82) is 0 Å². The average Bonchev–Trinajstić information content (AvgIpc) is 2.75. The van der Waals surface area contributed by atoms with E-state index < -0.39 is 0 Å². The highest BCUT2D eigenvalue weighted by Crippen LogP contribution is 2.27. The Morgan fingerprint density at radius 1 is 1.16 bits per heavy atom. The third-order valence-electron chi connectivity index (χ3n) is 4.02. The number of hydrogen-bond acceptors (Lipinski definition) is 2. The number of aromatic nitrogens is 2. The monoisotopic (exact) mass is 257 g/mol. The van der Waals surface area contributed by atoms with Crippen LogP contribution in [0.4, 0.5) is 0 Å². The predicted molar refractivity (Wildman–Crippen MR) is 80.5 cm³/mol. The Morgan fingerprint density at radius 3 is 2.58 bits per heavy atom. The van der Waals surface area contributed by atoms with Gasteiger partial charge in [0.25, 0.3) is 0 Å². The van der Waals surface area contributed by atoms with Crippen molar-refractivity contribution >= 4 is 0 Å². The molecule has 0 saturated heterocycles. The molecule has 1 aromatic carbocycles. The first kappa shape index (κ1) is 13.8. The molecule has 3 nitrogen and oxygen atoms in total. The number of rotatable bonds is 4. The zero-order valence-corrected chi connectivity index (χ0v) is 12.5. The molecule has 0 aliphatic heterocycles. The van der Waals surface area contributed by atoms with Crippen molar-refractivity contribution in [1.82, 2.24) is 14.9 Å². The second-order valence-electron chi connectivity index (χ2n) is 5.15. The van der Waals surface area contributed by atoms with Crippen molar-refractivity contribution < 1.29 is 0 Å². The minimum atomic E-state index is 0.955. The van der Waals surface area contributed by atoms with E-state index in [4.69, 9.17) is 0 Å². The van der Waals surface area contributed by atoms with Crippen molar-refractivity contribution in [3.05, 3.63) is 40.8 Å². The lowest BCUT2D eigenvalue weighted by molar-refractivity contribution is 0.720. The molecule has 19 heavy (non-hydrogen) atoms. The molecule has 2 aromatic rings. The molecular formula is C16H23N3. The second-order valence-corrected chi connectivity index (χ2v) is 5.15. The van der Waals surface area contributed by atoms with Crippen LogP contribution in [0.5, 0.6) is 0 Å². The highest BCUT2D eigenvalue weighted by molar-refractivity contribution is 5.66. The van der Waals surface area contributed by atoms with Crippen LogP contribution < -0.4 is 5.32 Å². The van der Waals surface area contributed by atoms with Crippen LogP contribution in [-0.2, 0) is 13.5 Å². The van der Waals surface area contributed by atoms with E-state index in [1.165, 1.54) is 27.9 Å². The van der Waals surface area contributed by atoms with Gasteiger partial charge in [-0.1, -0.05) is 12.1 Å². The fourth-order valence-electron chi connectivity index (χ4n) is 2.40. The minimum Gasteiger partial charge on any atom is -0.331 e. The van der Waals surface area contributed by atoms with Crippen molar-refractivity contribution in [2.24, 2.45) is 7.05 Å².